The van der Waals surface area contributed by atoms with Gasteiger partial charge in [-0.25, -0.2) is 0 Å². The molecular formula is C46H78O6. The highest BCUT2D eigenvalue weighted by molar-refractivity contribution is 5.71. The molecule has 6 heteroatoms. The Labute approximate surface area is 320 Å². The van der Waals surface area contributed by atoms with E-state index in [1.165, 1.54) is 70.6 Å². The van der Waals surface area contributed by atoms with Crippen LogP contribution in [0.2, 0.25) is 0 Å². The van der Waals surface area contributed by atoms with Gasteiger partial charge < -0.3 is 14.2 Å². The molecule has 0 amide bonds. The first-order valence-corrected chi connectivity index (χ1v) is 21.3. The monoisotopic (exact) mass is 727 g/mol. The molecule has 0 fully saturated rings. The van der Waals surface area contributed by atoms with E-state index in [4.69, 9.17) is 14.2 Å². The lowest BCUT2D eigenvalue weighted by Crippen LogP contribution is -2.30. The Bertz CT molecular complexity index is 975. The van der Waals surface area contributed by atoms with Crippen molar-refractivity contribution >= 4 is 17.9 Å². The highest BCUT2D eigenvalue weighted by Crippen LogP contribution is 2.13. The molecule has 0 radical (unpaired) electrons. The van der Waals surface area contributed by atoms with Crippen molar-refractivity contribution in [1.29, 1.82) is 0 Å². The first-order valence-electron chi connectivity index (χ1n) is 21.3. The molecule has 0 aromatic heterocycles. The van der Waals surface area contributed by atoms with E-state index in [9.17, 15) is 14.4 Å². The van der Waals surface area contributed by atoms with Crippen LogP contribution >= 0.6 is 0 Å². The topological polar surface area (TPSA) is 78.9 Å². The Kier molecular flexibility index (Phi) is 38.6. The lowest BCUT2D eigenvalue weighted by atomic mass is 10.1. The number of carbonyl (C=O) groups is 3. The standard InChI is InChI=1S/C46H78O6/c1-4-7-10-13-16-18-20-21-22-23-24-25-27-28-30-33-36-39-45(48)51-42-43(41-50-44(47)38-35-32-15-12-9-6-3)52-46(49)40-37-34-31-29-26-19-17-14-11-8-5-2/h7,10,16,18,21-22,24-25,28,30,43H,4-6,8-9,11-15,17,19-20,23,26-27,29,31-42H2,1-3H3/b10-7-,18-16-,22-21-,25-24-,30-28-. The summed E-state index contributed by atoms with van der Waals surface area (Å²) in [6.45, 7) is 6.38. The fraction of sp³-hybridized carbons (Fsp3) is 0.717. The van der Waals surface area contributed by atoms with Gasteiger partial charge in [-0.1, -0.05) is 178 Å². The molecule has 0 spiro atoms. The second-order valence-corrected chi connectivity index (χ2v) is 13.9. The minimum atomic E-state index is -0.788. The summed E-state index contributed by atoms with van der Waals surface area (Å²) in [4.78, 5) is 37.4. The molecule has 0 bridgehead atoms. The van der Waals surface area contributed by atoms with Crippen LogP contribution in [-0.2, 0) is 28.6 Å². The molecule has 52 heavy (non-hydrogen) atoms. The first kappa shape index (κ1) is 49.1. The fourth-order valence-corrected chi connectivity index (χ4v) is 5.59. The van der Waals surface area contributed by atoms with E-state index in [-0.39, 0.29) is 37.5 Å². The maximum absolute atomic E-state index is 12.6. The largest absolute Gasteiger partial charge is 0.462 e. The van der Waals surface area contributed by atoms with Crippen LogP contribution in [0.4, 0.5) is 0 Å². The first-order chi connectivity index (χ1) is 25.5. The van der Waals surface area contributed by atoms with E-state index >= 15 is 0 Å². The second-order valence-electron chi connectivity index (χ2n) is 13.9. The summed E-state index contributed by atoms with van der Waals surface area (Å²) in [5.74, 6) is -0.968. The predicted molar refractivity (Wildman–Crippen MR) is 219 cm³/mol. The predicted octanol–water partition coefficient (Wildman–Crippen LogP) is 13.4. The number of carbonyl (C=O) groups excluding carboxylic acids is 3. The van der Waals surface area contributed by atoms with Crippen molar-refractivity contribution in [1.82, 2.24) is 0 Å². The Morgan fingerprint density at radius 1 is 0.404 bits per heavy atom. The molecular weight excluding hydrogens is 648 g/mol. The smallest absolute Gasteiger partial charge is 0.306 e. The Balaban J connectivity index is 4.38. The number of ether oxygens (including phenoxy) is 3. The summed E-state index contributed by atoms with van der Waals surface area (Å²) in [5.41, 5.74) is 0. The molecule has 0 N–H and O–H groups in total. The zero-order valence-electron chi connectivity index (χ0n) is 33.8. The van der Waals surface area contributed by atoms with Crippen molar-refractivity contribution in [2.24, 2.45) is 0 Å². The third-order valence-electron chi connectivity index (χ3n) is 8.79. The van der Waals surface area contributed by atoms with Gasteiger partial charge in [0.15, 0.2) is 6.10 Å². The number of hydrogen-bond acceptors (Lipinski definition) is 6. The Morgan fingerprint density at radius 3 is 1.17 bits per heavy atom. The molecule has 6 nitrogen and oxygen atoms in total. The van der Waals surface area contributed by atoms with Gasteiger partial charge in [0.25, 0.3) is 0 Å². The van der Waals surface area contributed by atoms with Crippen LogP contribution in [0.5, 0.6) is 0 Å². The highest BCUT2D eigenvalue weighted by atomic mass is 16.6. The molecule has 0 rings (SSSR count). The number of allylic oxidation sites excluding steroid dienone is 10. The lowest BCUT2D eigenvalue weighted by Gasteiger charge is -2.18. The summed E-state index contributed by atoms with van der Waals surface area (Å²) < 4.78 is 16.5. The minimum Gasteiger partial charge on any atom is -0.462 e. The summed E-state index contributed by atoms with van der Waals surface area (Å²) in [6.07, 6.45) is 48.0. The van der Waals surface area contributed by atoms with Gasteiger partial charge in [-0.05, 0) is 57.8 Å². The summed E-state index contributed by atoms with van der Waals surface area (Å²) in [6, 6.07) is 0. The van der Waals surface area contributed by atoms with Crippen LogP contribution in [0.3, 0.4) is 0 Å². The molecule has 1 atom stereocenters. The Morgan fingerprint density at radius 2 is 0.750 bits per heavy atom. The third kappa shape index (κ3) is 38.3. The molecule has 0 aliphatic carbocycles. The van der Waals surface area contributed by atoms with Crippen molar-refractivity contribution in [3.63, 3.8) is 0 Å². The number of unbranched alkanes of at least 4 members (excludes halogenated alkanes) is 16. The van der Waals surface area contributed by atoms with Crippen LogP contribution in [-0.4, -0.2) is 37.2 Å². The average molecular weight is 727 g/mol. The van der Waals surface area contributed by atoms with E-state index in [0.29, 0.717) is 19.3 Å². The van der Waals surface area contributed by atoms with Crippen molar-refractivity contribution in [2.45, 2.75) is 200 Å². The summed E-state index contributed by atoms with van der Waals surface area (Å²) in [7, 11) is 0. The quantitative estimate of drug-likeness (QED) is 0.0274. The molecule has 1 unspecified atom stereocenters. The molecule has 0 saturated carbocycles. The maximum atomic E-state index is 12.6. The van der Waals surface area contributed by atoms with Gasteiger partial charge in [-0.15, -0.1) is 0 Å². The van der Waals surface area contributed by atoms with Crippen molar-refractivity contribution < 1.29 is 28.6 Å². The zero-order chi connectivity index (χ0) is 38.0. The van der Waals surface area contributed by atoms with Crippen molar-refractivity contribution in [2.75, 3.05) is 13.2 Å². The third-order valence-corrected chi connectivity index (χ3v) is 8.79. The fourth-order valence-electron chi connectivity index (χ4n) is 5.59. The van der Waals surface area contributed by atoms with Crippen LogP contribution in [0.25, 0.3) is 0 Å². The molecule has 0 heterocycles. The normalized spacial score (nSPS) is 12.6. The van der Waals surface area contributed by atoms with E-state index in [2.05, 4.69) is 81.5 Å². The van der Waals surface area contributed by atoms with Gasteiger partial charge >= 0.3 is 17.9 Å². The molecule has 0 aromatic rings. The molecule has 0 aliphatic heterocycles. The Hall–Kier alpha value is -2.89. The van der Waals surface area contributed by atoms with Crippen LogP contribution in [0.15, 0.2) is 60.8 Å². The van der Waals surface area contributed by atoms with Crippen LogP contribution in [0, 0.1) is 0 Å². The van der Waals surface area contributed by atoms with E-state index in [1.54, 1.807) is 0 Å². The van der Waals surface area contributed by atoms with Gasteiger partial charge in [-0.3, -0.25) is 14.4 Å². The maximum Gasteiger partial charge on any atom is 0.306 e. The minimum absolute atomic E-state index is 0.0913. The summed E-state index contributed by atoms with van der Waals surface area (Å²) in [5, 5.41) is 0. The van der Waals surface area contributed by atoms with Gasteiger partial charge in [-0.2, -0.15) is 0 Å². The van der Waals surface area contributed by atoms with E-state index < -0.39 is 6.10 Å². The van der Waals surface area contributed by atoms with Gasteiger partial charge in [0.1, 0.15) is 13.2 Å². The van der Waals surface area contributed by atoms with Crippen LogP contribution < -0.4 is 0 Å². The number of esters is 3. The molecule has 0 aromatic carbocycles. The van der Waals surface area contributed by atoms with E-state index in [0.717, 1.165) is 77.0 Å². The van der Waals surface area contributed by atoms with Crippen molar-refractivity contribution in [3.8, 4) is 0 Å². The molecule has 0 aliphatic rings. The zero-order valence-corrected chi connectivity index (χ0v) is 33.8. The van der Waals surface area contributed by atoms with Crippen LogP contribution in [0.1, 0.15) is 194 Å². The van der Waals surface area contributed by atoms with Crippen molar-refractivity contribution in [3.05, 3.63) is 60.8 Å². The van der Waals surface area contributed by atoms with Gasteiger partial charge in [0.2, 0.25) is 0 Å². The number of rotatable bonds is 37. The van der Waals surface area contributed by atoms with E-state index in [1.807, 2.05) is 0 Å². The lowest BCUT2D eigenvalue weighted by molar-refractivity contribution is -0.167. The van der Waals surface area contributed by atoms with Gasteiger partial charge in [0, 0.05) is 19.3 Å². The number of hydrogen-bond donors (Lipinski definition) is 0. The van der Waals surface area contributed by atoms with Gasteiger partial charge in [0.05, 0.1) is 0 Å². The molecule has 298 valence electrons. The SMILES string of the molecule is CC/C=C\C/C=C\C/C=C\C/C=C\C/C=C\CCCC(=O)OCC(COC(=O)CCCCCCCC)OC(=O)CCCCCCCCCCCCC. The summed E-state index contributed by atoms with van der Waals surface area (Å²) >= 11 is 0. The average Bonchev–Trinajstić information content (AvgIpc) is 3.14. The second kappa shape index (κ2) is 40.9. The highest BCUT2D eigenvalue weighted by Gasteiger charge is 2.19. The molecule has 0 saturated heterocycles.